The molecule has 126 valence electrons. The van der Waals surface area contributed by atoms with Crippen LogP contribution in [0.25, 0.3) is 0 Å². The number of carbonyl (C=O) groups is 2. The number of anilines is 1. The number of hydrogen-bond acceptors (Lipinski definition) is 3. The van der Waals surface area contributed by atoms with Gasteiger partial charge in [-0.3, -0.25) is 9.59 Å². The molecule has 2 aromatic carbocycles. The largest absolute Gasteiger partial charge is 0.386 e. The Morgan fingerprint density at radius 2 is 1.75 bits per heavy atom. The number of rotatable bonds is 4. The molecule has 2 atom stereocenters. The molecule has 0 radical (unpaired) electrons. The van der Waals surface area contributed by atoms with Gasteiger partial charge >= 0.3 is 11.8 Å². The highest BCUT2D eigenvalue weighted by atomic mass is 19.1. The van der Waals surface area contributed by atoms with E-state index in [-0.39, 0.29) is 0 Å². The second-order valence-corrected chi connectivity index (χ2v) is 5.58. The Morgan fingerprint density at radius 3 is 2.38 bits per heavy atom. The zero-order valence-corrected chi connectivity index (χ0v) is 13.4. The van der Waals surface area contributed by atoms with Gasteiger partial charge in [-0.1, -0.05) is 24.3 Å². The number of carbonyl (C=O) groups excluding carboxylic acids is 2. The fraction of sp³-hybridized carbons (Fsp3) is 0.222. The van der Waals surface area contributed by atoms with Crippen molar-refractivity contribution in [2.75, 3.05) is 5.32 Å². The summed E-state index contributed by atoms with van der Waals surface area (Å²) in [5, 5.41) is 15.1. The summed E-state index contributed by atoms with van der Waals surface area (Å²) < 4.78 is 12.9. The third-order valence-electron chi connectivity index (χ3n) is 3.53. The van der Waals surface area contributed by atoms with Crippen molar-refractivity contribution in [3.63, 3.8) is 0 Å². The number of hydrogen-bond donors (Lipinski definition) is 3. The summed E-state index contributed by atoms with van der Waals surface area (Å²) in [7, 11) is 0. The fourth-order valence-electron chi connectivity index (χ4n) is 2.21. The lowest BCUT2D eigenvalue weighted by Crippen LogP contribution is -2.43. The zero-order valence-electron chi connectivity index (χ0n) is 13.4. The normalized spacial score (nSPS) is 13.0. The highest BCUT2D eigenvalue weighted by Gasteiger charge is 2.22. The minimum absolute atomic E-state index is 0.417. The van der Waals surface area contributed by atoms with Gasteiger partial charge in [0.2, 0.25) is 0 Å². The van der Waals surface area contributed by atoms with Crippen LogP contribution in [0.4, 0.5) is 10.1 Å². The third kappa shape index (κ3) is 4.63. The molecule has 0 aliphatic heterocycles. The highest BCUT2D eigenvalue weighted by molar-refractivity contribution is 6.39. The molecular formula is C18H19FN2O3. The molecule has 0 aliphatic rings. The van der Waals surface area contributed by atoms with Crippen LogP contribution >= 0.6 is 0 Å². The average Bonchev–Trinajstić information content (AvgIpc) is 2.54. The molecule has 0 aromatic heterocycles. The van der Waals surface area contributed by atoms with E-state index in [1.165, 1.54) is 24.3 Å². The minimum atomic E-state index is -1.05. The number of benzene rings is 2. The standard InChI is InChI=1S/C18H19FN2O3/c1-11-4-3-5-15(10-11)21-18(24)17(23)20-12(2)16(22)13-6-8-14(19)9-7-13/h3-10,12,16,22H,1-2H3,(H,20,23)(H,21,24). The third-order valence-corrected chi connectivity index (χ3v) is 3.53. The SMILES string of the molecule is Cc1cccc(NC(=O)C(=O)NC(C)C(O)c2ccc(F)cc2)c1. The number of aliphatic hydroxyl groups excluding tert-OH is 1. The summed E-state index contributed by atoms with van der Waals surface area (Å²) in [4.78, 5) is 23.8. The van der Waals surface area contributed by atoms with Crippen molar-refractivity contribution in [2.45, 2.75) is 26.0 Å². The molecule has 2 unspecified atom stereocenters. The lowest BCUT2D eigenvalue weighted by molar-refractivity contribution is -0.137. The van der Waals surface area contributed by atoms with E-state index in [2.05, 4.69) is 10.6 Å². The maximum atomic E-state index is 12.9. The van der Waals surface area contributed by atoms with Crippen LogP contribution in [0, 0.1) is 12.7 Å². The molecule has 6 heteroatoms. The topological polar surface area (TPSA) is 78.4 Å². The van der Waals surface area contributed by atoms with Gasteiger partial charge in [-0.25, -0.2) is 4.39 Å². The smallest absolute Gasteiger partial charge is 0.313 e. The molecule has 5 nitrogen and oxygen atoms in total. The summed E-state index contributed by atoms with van der Waals surface area (Å²) in [5.41, 5.74) is 1.92. The van der Waals surface area contributed by atoms with Gasteiger partial charge in [-0.2, -0.15) is 0 Å². The molecule has 24 heavy (non-hydrogen) atoms. The maximum absolute atomic E-state index is 12.9. The molecule has 0 aliphatic carbocycles. The van der Waals surface area contributed by atoms with Crippen LogP contribution in [0.5, 0.6) is 0 Å². The molecule has 0 fully saturated rings. The Hall–Kier alpha value is -2.73. The molecule has 0 heterocycles. The zero-order chi connectivity index (χ0) is 17.7. The van der Waals surface area contributed by atoms with E-state index in [0.29, 0.717) is 11.3 Å². The van der Waals surface area contributed by atoms with Crippen LogP contribution in [0.1, 0.15) is 24.2 Å². The second-order valence-electron chi connectivity index (χ2n) is 5.58. The Bertz CT molecular complexity index is 731. The van der Waals surface area contributed by atoms with Gasteiger partial charge in [0, 0.05) is 5.69 Å². The summed E-state index contributed by atoms with van der Waals surface area (Å²) in [6.07, 6.45) is -1.05. The van der Waals surface area contributed by atoms with Gasteiger partial charge in [0.25, 0.3) is 0 Å². The van der Waals surface area contributed by atoms with E-state index in [4.69, 9.17) is 0 Å². The van der Waals surface area contributed by atoms with Crippen molar-refractivity contribution in [3.8, 4) is 0 Å². The number of nitrogens with one attached hydrogen (secondary N) is 2. The molecule has 0 spiro atoms. The van der Waals surface area contributed by atoms with Crippen LogP contribution in [0.15, 0.2) is 48.5 Å². The lowest BCUT2D eigenvalue weighted by Gasteiger charge is -2.20. The molecule has 0 bridgehead atoms. The molecule has 0 saturated heterocycles. The van der Waals surface area contributed by atoms with Gasteiger partial charge in [0.1, 0.15) is 5.82 Å². The van der Waals surface area contributed by atoms with Crippen molar-refractivity contribution >= 4 is 17.5 Å². The van der Waals surface area contributed by atoms with Crippen LogP contribution in [-0.2, 0) is 9.59 Å². The average molecular weight is 330 g/mol. The van der Waals surface area contributed by atoms with Crippen molar-refractivity contribution in [3.05, 3.63) is 65.5 Å². The second kappa shape index (κ2) is 7.70. The van der Waals surface area contributed by atoms with E-state index in [1.807, 2.05) is 13.0 Å². The van der Waals surface area contributed by atoms with Gasteiger partial charge in [-0.15, -0.1) is 0 Å². The van der Waals surface area contributed by atoms with Crippen LogP contribution in [0.3, 0.4) is 0 Å². The first kappa shape index (κ1) is 17.6. The predicted molar refractivity (Wildman–Crippen MR) is 88.8 cm³/mol. The fourth-order valence-corrected chi connectivity index (χ4v) is 2.21. The summed E-state index contributed by atoms with van der Waals surface area (Å²) in [5.74, 6) is -2.09. The first-order valence-electron chi connectivity index (χ1n) is 7.49. The summed E-state index contributed by atoms with van der Waals surface area (Å²) in [6, 6.07) is 11.6. The van der Waals surface area contributed by atoms with E-state index >= 15 is 0 Å². The highest BCUT2D eigenvalue weighted by Crippen LogP contribution is 2.17. The van der Waals surface area contributed by atoms with Crippen molar-refractivity contribution in [1.82, 2.24) is 5.32 Å². The summed E-state index contributed by atoms with van der Waals surface area (Å²) in [6.45, 7) is 3.43. The first-order chi connectivity index (χ1) is 11.4. The lowest BCUT2D eigenvalue weighted by atomic mass is 10.0. The molecular weight excluding hydrogens is 311 g/mol. The van der Waals surface area contributed by atoms with E-state index < -0.39 is 29.8 Å². The van der Waals surface area contributed by atoms with Crippen LogP contribution in [-0.4, -0.2) is 23.0 Å². The molecule has 2 amide bonds. The van der Waals surface area contributed by atoms with E-state index in [0.717, 1.165) is 5.56 Å². The molecule has 0 saturated carbocycles. The van der Waals surface area contributed by atoms with Crippen LogP contribution in [0.2, 0.25) is 0 Å². The van der Waals surface area contributed by atoms with E-state index in [1.54, 1.807) is 25.1 Å². The monoisotopic (exact) mass is 330 g/mol. The molecule has 2 rings (SSSR count). The van der Waals surface area contributed by atoms with Crippen molar-refractivity contribution in [2.24, 2.45) is 0 Å². The van der Waals surface area contributed by atoms with Crippen LogP contribution < -0.4 is 10.6 Å². The Kier molecular flexibility index (Phi) is 5.65. The minimum Gasteiger partial charge on any atom is -0.386 e. The van der Waals surface area contributed by atoms with Crippen molar-refractivity contribution < 1.29 is 19.1 Å². The van der Waals surface area contributed by atoms with Gasteiger partial charge in [0.15, 0.2) is 0 Å². The maximum Gasteiger partial charge on any atom is 0.313 e. The van der Waals surface area contributed by atoms with Gasteiger partial charge in [-0.05, 0) is 49.2 Å². The first-order valence-corrected chi connectivity index (χ1v) is 7.49. The number of aryl methyl sites for hydroxylation is 1. The number of aliphatic hydroxyl groups is 1. The quantitative estimate of drug-likeness (QED) is 0.753. The van der Waals surface area contributed by atoms with Crippen molar-refractivity contribution in [1.29, 1.82) is 0 Å². The molecule has 2 aromatic rings. The number of halogens is 1. The summed E-state index contributed by atoms with van der Waals surface area (Å²) >= 11 is 0. The number of amides is 2. The Balaban J connectivity index is 1.95. The Morgan fingerprint density at radius 1 is 1.08 bits per heavy atom. The predicted octanol–water partition coefficient (Wildman–Crippen LogP) is 2.31. The van der Waals surface area contributed by atoms with Gasteiger partial charge in [0.05, 0.1) is 12.1 Å². The molecule has 3 N–H and O–H groups in total. The Labute approximate surface area is 139 Å². The van der Waals surface area contributed by atoms with Gasteiger partial charge < -0.3 is 15.7 Å². The van der Waals surface area contributed by atoms with E-state index in [9.17, 15) is 19.1 Å².